The SMILES string of the molecule is C=C=C(CC(Cc1cc(F)c(F)cc1F)NC(=O)OC(C)(C)C)N(CCNC=O)C(C)COC(C)(C)C. The van der Waals surface area contributed by atoms with Crippen molar-refractivity contribution in [3.05, 3.63) is 53.2 Å². The minimum atomic E-state index is -1.30. The Bertz CT molecular complexity index is 967. The van der Waals surface area contributed by atoms with Crippen LogP contribution >= 0.6 is 0 Å². The van der Waals surface area contributed by atoms with Gasteiger partial charge >= 0.3 is 6.09 Å². The maximum atomic E-state index is 14.5. The monoisotopic (exact) mass is 527 g/mol. The number of hydrogen-bond acceptors (Lipinski definition) is 5. The second-order valence-electron chi connectivity index (χ2n) is 10.8. The lowest BCUT2D eigenvalue weighted by atomic mass is 10.00. The summed E-state index contributed by atoms with van der Waals surface area (Å²) in [5.41, 5.74) is 2.16. The lowest BCUT2D eigenvalue weighted by molar-refractivity contribution is -0.109. The number of benzene rings is 1. The van der Waals surface area contributed by atoms with Gasteiger partial charge in [0.05, 0.1) is 17.9 Å². The third-order valence-electron chi connectivity index (χ3n) is 5.14. The Labute approximate surface area is 218 Å². The van der Waals surface area contributed by atoms with Crippen LogP contribution in [-0.4, -0.2) is 60.4 Å². The Balaban J connectivity index is 3.27. The summed E-state index contributed by atoms with van der Waals surface area (Å²) in [7, 11) is 0. The number of carbonyl (C=O) groups is 2. The van der Waals surface area contributed by atoms with E-state index in [9.17, 15) is 22.8 Å². The van der Waals surface area contributed by atoms with Gasteiger partial charge in [0.1, 0.15) is 11.4 Å². The van der Waals surface area contributed by atoms with Crippen molar-refractivity contribution in [3.63, 3.8) is 0 Å². The molecule has 0 saturated carbocycles. The molecular formula is C27H40F3N3O4. The predicted molar refractivity (Wildman–Crippen MR) is 136 cm³/mol. The highest BCUT2D eigenvalue weighted by Gasteiger charge is 2.26. The number of amides is 2. The van der Waals surface area contributed by atoms with Crippen LogP contribution in [0.4, 0.5) is 18.0 Å². The van der Waals surface area contributed by atoms with E-state index in [4.69, 9.17) is 9.47 Å². The first-order chi connectivity index (χ1) is 17.1. The highest BCUT2D eigenvalue weighted by molar-refractivity contribution is 5.68. The summed E-state index contributed by atoms with van der Waals surface area (Å²) in [6.07, 6.45) is -0.199. The van der Waals surface area contributed by atoms with Crippen molar-refractivity contribution in [2.75, 3.05) is 19.7 Å². The Morgan fingerprint density at radius 3 is 2.27 bits per heavy atom. The Morgan fingerprint density at radius 1 is 1.11 bits per heavy atom. The van der Waals surface area contributed by atoms with Crippen molar-refractivity contribution in [2.24, 2.45) is 0 Å². The normalized spacial score (nSPS) is 13.2. The van der Waals surface area contributed by atoms with Crippen LogP contribution in [0, 0.1) is 17.5 Å². The second-order valence-corrected chi connectivity index (χ2v) is 10.8. The average molecular weight is 528 g/mol. The van der Waals surface area contributed by atoms with E-state index in [1.807, 2.05) is 32.6 Å². The summed E-state index contributed by atoms with van der Waals surface area (Å²) in [6.45, 7) is 17.6. The van der Waals surface area contributed by atoms with Crippen molar-refractivity contribution in [3.8, 4) is 0 Å². The molecule has 1 rings (SSSR count). The smallest absolute Gasteiger partial charge is 0.407 e. The molecule has 0 saturated heterocycles. The van der Waals surface area contributed by atoms with Gasteiger partial charge in [-0.05, 0) is 66.5 Å². The topological polar surface area (TPSA) is 79.9 Å². The summed E-state index contributed by atoms with van der Waals surface area (Å²) in [5.74, 6) is -3.43. The molecule has 0 aliphatic rings. The molecule has 0 aliphatic heterocycles. The van der Waals surface area contributed by atoms with Gasteiger partial charge in [0.2, 0.25) is 6.41 Å². The molecule has 0 bridgehead atoms. The summed E-state index contributed by atoms with van der Waals surface area (Å²) in [6, 6.07) is 0.287. The number of nitrogens with zero attached hydrogens (tertiary/aromatic N) is 1. The number of nitrogens with one attached hydrogen (secondary N) is 2. The fourth-order valence-electron chi connectivity index (χ4n) is 3.48. The fraction of sp³-hybridized carbons (Fsp3) is 0.593. The molecule has 0 spiro atoms. The lowest BCUT2D eigenvalue weighted by Crippen LogP contribution is -2.45. The van der Waals surface area contributed by atoms with Gasteiger partial charge in [-0.15, -0.1) is 5.73 Å². The maximum Gasteiger partial charge on any atom is 0.407 e. The molecule has 1 aromatic rings. The van der Waals surface area contributed by atoms with Crippen LogP contribution < -0.4 is 10.6 Å². The van der Waals surface area contributed by atoms with Crippen molar-refractivity contribution in [1.82, 2.24) is 15.5 Å². The van der Waals surface area contributed by atoms with E-state index >= 15 is 0 Å². The Hall–Kier alpha value is -2.97. The van der Waals surface area contributed by atoms with Gasteiger partial charge in [-0.1, -0.05) is 6.58 Å². The van der Waals surface area contributed by atoms with E-state index in [-0.39, 0.29) is 30.0 Å². The summed E-state index contributed by atoms with van der Waals surface area (Å²) in [4.78, 5) is 25.3. The van der Waals surface area contributed by atoms with Gasteiger partial charge < -0.3 is 25.0 Å². The van der Waals surface area contributed by atoms with Gasteiger partial charge in [-0.3, -0.25) is 4.79 Å². The highest BCUT2D eigenvalue weighted by atomic mass is 19.2. The molecule has 7 nitrogen and oxygen atoms in total. The number of hydrogen-bond donors (Lipinski definition) is 2. The number of rotatable bonds is 13. The zero-order valence-corrected chi connectivity index (χ0v) is 22.8. The molecule has 1 aromatic carbocycles. The lowest BCUT2D eigenvalue weighted by Gasteiger charge is -2.35. The van der Waals surface area contributed by atoms with Crippen molar-refractivity contribution in [1.29, 1.82) is 0 Å². The van der Waals surface area contributed by atoms with Gasteiger partial charge in [-0.2, -0.15) is 0 Å². The van der Waals surface area contributed by atoms with Crippen LogP contribution in [0.25, 0.3) is 0 Å². The van der Waals surface area contributed by atoms with Crippen LogP contribution in [0.15, 0.2) is 30.1 Å². The first-order valence-corrected chi connectivity index (χ1v) is 12.2. The molecule has 0 heterocycles. The van der Waals surface area contributed by atoms with Gasteiger partial charge in [0, 0.05) is 37.7 Å². The zero-order chi connectivity index (χ0) is 28.4. The number of ether oxygens (including phenoxy) is 2. The van der Waals surface area contributed by atoms with Crippen LogP contribution in [0.3, 0.4) is 0 Å². The molecule has 2 amide bonds. The van der Waals surface area contributed by atoms with Crippen LogP contribution in [-0.2, 0) is 20.7 Å². The summed E-state index contributed by atoms with van der Waals surface area (Å²) >= 11 is 0. The molecule has 37 heavy (non-hydrogen) atoms. The molecule has 0 aromatic heterocycles. The molecule has 2 N–H and O–H groups in total. The van der Waals surface area contributed by atoms with Crippen LogP contribution in [0.1, 0.15) is 60.5 Å². The largest absolute Gasteiger partial charge is 0.444 e. The number of halogens is 3. The summed E-state index contributed by atoms with van der Waals surface area (Å²) < 4.78 is 53.1. The molecule has 208 valence electrons. The molecule has 2 unspecified atom stereocenters. The predicted octanol–water partition coefficient (Wildman–Crippen LogP) is 4.85. The van der Waals surface area contributed by atoms with E-state index < -0.39 is 35.2 Å². The fourth-order valence-corrected chi connectivity index (χ4v) is 3.48. The highest BCUT2D eigenvalue weighted by Crippen LogP contribution is 2.22. The Morgan fingerprint density at radius 2 is 1.73 bits per heavy atom. The Kier molecular flexibility index (Phi) is 12.2. The molecule has 0 fully saturated rings. The van der Waals surface area contributed by atoms with Crippen LogP contribution in [0.5, 0.6) is 0 Å². The standard InChI is InChI=1S/C27H40F3N3O4/c1-9-21(33(11-10-31-17-34)18(2)16-36-26(3,4)5)14-20(32-25(35)37-27(6,7)8)12-19-13-23(29)24(30)15-22(19)28/h13,15,17-18,20H,1,10-12,14,16H2,2-8H3,(H,31,34)(H,32,35). The molecule has 0 radical (unpaired) electrons. The molecular weight excluding hydrogens is 487 g/mol. The van der Waals surface area contributed by atoms with Crippen molar-refractivity contribution in [2.45, 2.75) is 84.6 Å². The van der Waals surface area contributed by atoms with Gasteiger partial charge in [-0.25, -0.2) is 18.0 Å². The molecule has 0 aliphatic carbocycles. The van der Waals surface area contributed by atoms with Crippen molar-refractivity contribution < 1.29 is 32.2 Å². The van der Waals surface area contributed by atoms with Crippen LogP contribution in [0.2, 0.25) is 0 Å². The number of alkyl carbamates (subject to hydrolysis) is 1. The third kappa shape index (κ3) is 12.2. The third-order valence-corrected chi connectivity index (χ3v) is 5.14. The van der Waals surface area contributed by atoms with E-state index in [1.165, 1.54) is 0 Å². The van der Waals surface area contributed by atoms with E-state index in [1.54, 1.807) is 20.8 Å². The van der Waals surface area contributed by atoms with E-state index in [2.05, 4.69) is 22.9 Å². The quantitative estimate of drug-likeness (QED) is 0.166. The molecule has 10 heteroatoms. The minimum absolute atomic E-state index is 0.110. The van der Waals surface area contributed by atoms with Gasteiger partial charge in [0.15, 0.2) is 11.6 Å². The maximum absolute atomic E-state index is 14.5. The summed E-state index contributed by atoms with van der Waals surface area (Å²) in [5, 5.41) is 5.32. The average Bonchev–Trinajstić information content (AvgIpc) is 2.75. The first-order valence-electron chi connectivity index (χ1n) is 12.2. The second kappa shape index (κ2) is 14.1. The van der Waals surface area contributed by atoms with Gasteiger partial charge in [0.25, 0.3) is 0 Å². The molecule has 2 atom stereocenters. The van der Waals surface area contributed by atoms with E-state index in [0.29, 0.717) is 37.9 Å². The van der Waals surface area contributed by atoms with E-state index in [0.717, 1.165) is 6.07 Å². The minimum Gasteiger partial charge on any atom is -0.444 e. The number of carbonyl (C=O) groups excluding carboxylic acids is 2. The first kappa shape index (κ1) is 32.1. The van der Waals surface area contributed by atoms with Crippen molar-refractivity contribution >= 4 is 12.5 Å². The zero-order valence-electron chi connectivity index (χ0n) is 22.8.